The Morgan fingerprint density at radius 1 is 1.12 bits per heavy atom. The molecule has 0 unspecified atom stereocenters. The molecule has 0 amide bonds. The molecule has 0 bridgehead atoms. The number of aromatic carboxylic acids is 1. The lowest BCUT2D eigenvalue weighted by Crippen LogP contribution is -2.32. The first-order valence-electron chi connectivity index (χ1n) is 8.59. The van der Waals surface area contributed by atoms with E-state index in [1.54, 1.807) is 11.5 Å². The third-order valence-electron chi connectivity index (χ3n) is 4.87. The van der Waals surface area contributed by atoms with E-state index in [2.05, 4.69) is 4.90 Å². The number of carboxylic acid groups (broad SMARTS) is 1. The molecule has 134 valence electrons. The highest BCUT2D eigenvalue weighted by Gasteiger charge is 2.23. The van der Waals surface area contributed by atoms with Crippen LogP contribution < -0.4 is 0 Å². The standard InChI is InChI=1S/C19H22F2N2O2/c1-13-14(19(24)25)12-23(11-10-22-8-3-2-4-9-22)18(13)17-15(20)6-5-7-16(17)21/h5-7,12H,2-4,8-11H2,1H3,(H,24,25). The summed E-state index contributed by atoms with van der Waals surface area (Å²) in [5.41, 5.74) is 0.614. The Balaban J connectivity index is 1.99. The number of carboxylic acids is 1. The maximum Gasteiger partial charge on any atom is 0.337 e. The number of benzene rings is 1. The number of likely N-dealkylation sites (tertiary alicyclic amines) is 1. The summed E-state index contributed by atoms with van der Waals surface area (Å²) >= 11 is 0. The minimum atomic E-state index is -1.09. The van der Waals surface area contributed by atoms with Crippen LogP contribution in [0, 0.1) is 18.6 Å². The SMILES string of the molecule is Cc1c(C(=O)O)cn(CCN2CCCCC2)c1-c1c(F)cccc1F. The van der Waals surface area contributed by atoms with Crippen LogP contribution in [0.2, 0.25) is 0 Å². The predicted molar refractivity (Wildman–Crippen MR) is 91.8 cm³/mol. The van der Waals surface area contributed by atoms with Crippen molar-refractivity contribution in [2.45, 2.75) is 32.7 Å². The van der Waals surface area contributed by atoms with Crippen LogP contribution in [0.5, 0.6) is 0 Å². The Kier molecular flexibility index (Phi) is 5.18. The van der Waals surface area contributed by atoms with Crippen molar-refractivity contribution < 1.29 is 18.7 Å². The molecule has 1 N–H and O–H groups in total. The van der Waals surface area contributed by atoms with E-state index in [0.717, 1.165) is 32.5 Å². The van der Waals surface area contributed by atoms with Crippen molar-refractivity contribution >= 4 is 5.97 Å². The van der Waals surface area contributed by atoms with Crippen molar-refractivity contribution in [2.24, 2.45) is 0 Å². The van der Waals surface area contributed by atoms with Crippen LogP contribution >= 0.6 is 0 Å². The van der Waals surface area contributed by atoms with Crippen LogP contribution in [0.4, 0.5) is 8.78 Å². The molecule has 1 aliphatic rings. The van der Waals surface area contributed by atoms with Crippen LogP contribution in [0.1, 0.15) is 35.2 Å². The van der Waals surface area contributed by atoms with Gasteiger partial charge in [-0.25, -0.2) is 13.6 Å². The van der Waals surface area contributed by atoms with Gasteiger partial charge in [-0.2, -0.15) is 0 Å². The third kappa shape index (κ3) is 3.58. The Hall–Kier alpha value is -2.21. The van der Waals surface area contributed by atoms with E-state index < -0.39 is 17.6 Å². The monoisotopic (exact) mass is 348 g/mol. The van der Waals surface area contributed by atoms with Gasteiger partial charge in [0.1, 0.15) is 11.6 Å². The summed E-state index contributed by atoms with van der Waals surface area (Å²) in [7, 11) is 0. The number of nitrogens with zero attached hydrogens (tertiary/aromatic N) is 2. The van der Waals surface area contributed by atoms with Gasteiger partial charge >= 0.3 is 5.97 Å². The number of piperidine rings is 1. The second-order valence-electron chi connectivity index (χ2n) is 6.51. The third-order valence-corrected chi connectivity index (χ3v) is 4.87. The Labute approximate surface area is 145 Å². The van der Waals surface area contributed by atoms with Gasteiger partial charge in [-0.1, -0.05) is 12.5 Å². The van der Waals surface area contributed by atoms with Crippen LogP contribution in [0.25, 0.3) is 11.3 Å². The summed E-state index contributed by atoms with van der Waals surface area (Å²) in [6.45, 7) is 4.85. The molecule has 1 fully saturated rings. The number of hydrogen-bond acceptors (Lipinski definition) is 2. The molecule has 1 aliphatic heterocycles. The molecule has 0 aliphatic carbocycles. The van der Waals surface area contributed by atoms with Crippen LogP contribution in [0.15, 0.2) is 24.4 Å². The van der Waals surface area contributed by atoms with E-state index in [1.165, 1.54) is 30.8 Å². The molecule has 25 heavy (non-hydrogen) atoms. The molecule has 2 heterocycles. The Morgan fingerprint density at radius 2 is 1.76 bits per heavy atom. The molecule has 6 heteroatoms. The quantitative estimate of drug-likeness (QED) is 0.891. The van der Waals surface area contributed by atoms with Crippen molar-refractivity contribution in [3.05, 3.63) is 47.2 Å². The molecule has 3 rings (SSSR count). The number of carbonyl (C=O) groups is 1. The van der Waals surface area contributed by atoms with Gasteiger partial charge in [-0.3, -0.25) is 0 Å². The molecule has 1 aromatic heterocycles. The molecular weight excluding hydrogens is 326 g/mol. The second kappa shape index (κ2) is 7.35. The highest BCUT2D eigenvalue weighted by atomic mass is 19.1. The first-order chi connectivity index (χ1) is 12.0. The van der Waals surface area contributed by atoms with Crippen molar-refractivity contribution in [1.82, 2.24) is 9.47 Å². The molecule has 0 spiro atoms. The molecule has 0 saturated carbocycles. The van der Waals surface area contributed by atoms with E-state index in [9.17, 15) is 18.7 Å². The summed E-state index contributed by atoms with van der Waals surface area (Å²) in [4.78, 5) is 13.8. The van der Waals surface area contributed by atoms with Gasteiger partial charge in [0.2, 0.25) is 0 Å². The van der Waals surface area contributed by atoms with Gasteiger partial charge in [0.05, 0.1) is 16.8 Å². The van der Waals surface area contributed by atoms with Crippen LogP contribution in [-0.2, 0) is 6.54 Å². The van der Waals surface area contributed by atoms with Gasteiger partial charge in [0.25, 0.3) is 0 Å². The van der Waals surface area contributed by atoms with E-state index >= 15 is 0 Å². The van der Waals surface area contributed by atoms with Gasteiger partial charge in [0, 0.05) is 19.3 Å². The van der Waals surface area contributed by atoms with Crippen molar-refractivity contribution in [3.8, 4) is 11.3 Å². The maximum absolute atomic E-state index is 14.3. The summed E-state index contributed by atoms with van der Waals surface area (Å²) in [5.74, 6) is -2.46. The van der Waals surface area contributed by atoms with Crippen LogP contribution in [-0.4, -0.2) is 40.2 Å². The highest BCUT2D eigenvalue weighted by Crippen LogP contribution is 2.32. The normalized spacial score (nSPS) is 15.5. The van der Waals surface area contributed by atoms with Gasteiger partial charge in [0.15, 0.2) is 0 Å². The van der Waals surface area contributed by atoms with E-state index in [4.69, 9.17) is 0 Å². The molecule has 2 aromatic rings. The molecule has 4 nitrogen and oxygen atoms in total. The van der Waals surface area contributed by atoms with Crippen molar-refractivity contribution in [1.29, 1.82) is 0 Å². The van der Waals surface area contributed by atoms with Crippen molar-refractivity contribution in [2.75, 3.05) is 19.6 Å². The lowest BCUT2D eigenvalue weighted by atomic mass is 10.0. The minimum absolute atomic E-state index is 0.0799. The number of rotatable bonds is 5. The van der Waals surface area contributed by atoms with Crippen LogP contribution in [0.3, 0.4) is 0 Å². The van der Waals surface area contributed by atoms with Gasteiger partial charge in [-0.15, -0.1) is 0 Å². The fourth-order valence-corrected chi connectivity index (χ4v) is 3.54. The number of aromatic nitrogens is 1. The first-order valence-corrected chi connectivity index (χ1v) is 8.59. The molecule has 0 atom stereocenters. The smallest absolute Gasteiger partial charge is 0.337 e. The largest absolute Gasteiger partial charge is 0.478 e. The molecule has 0 radical (unpaired) electrons. The van der Waals surface area contributed by atoms with E-state index in [1.807, 2.05) is 0 Å². The van der Waals surface area contributed by atoms with E-state index in [-0.39, 0.29) is 11.1 Å². The Morgan fingerprint density at radius 3 is 2.36 bits per heavy atom. The second-order valence-corrected chi connectivity index (χ2v) is 6.51. The zero-order valence-corrected chi connectivity index (χ0v) is 14.3. The fraction of sp³-hybridized carbons (Fsp3) is 0.421. The summed E-state index contributed by atoms with van der Waals surface area (Å²) in [5, 5.41) is 9.39. The first kappa shape index (κ1) is 17.6. The summed E-state index contributed by atoms with van der Waals surface area (Å²) in [6.07, 6.45) is 5.02. The highest BCUT2D eigenvalue weighted by molar-refractivity contribution is 5.92. The number of halogens is 2. The van der Waals surface area contributed by atoms with Crippen molar-refractivity contribution in [3.63, 3.8) is 0 Å². The fourth-order valence-electron chi connectivity index (χ4n) is 3.54. The lowest BCUT2D eigenvalue weighted by molar-refractivity contribution is 0.0696. The molecule has 1 saturated heterocycles. The Bertz CT molecular complexity index is 760. The predicted octanol–water partition coefficient (Wildman–Crippen LogP) is 3.93. The van der Waals surface area contributed by atoms with E-state index in [0.29, 0.717) is 17.8 Å². The zero-order chi connectivity index (χ0) is 18.0. The topological polar surface area (TPSA) is 45.5 Å². The average Bonchev–Trinajstić information content (AvgIpc) is 2.91. The molecule has 1 aromatic carbocycles. The zero-order valence-electron chi connectivity index (χ0n) is 14.3. The van der Waals surface area contributed by atoms with Gasteiger partial charge in [-0.05, 0) is 50.6 Å². The minimum Gasteiger partial charge on any atom is -0.478 e. The summed E-state index contributed by atoms with van der Waals surface area (Å²) < 4.78 is 30.3. The number of hydrogen-bond donors (Lipinski definition) is 1. The maximum atomic E-state index is 14.3. The lowest BCUT2D eigenvalue weighted by Gasteiger charge is -2.27. The van der Waals surface area contributed by atoms with Gasteiger partial charge < -0.3 is 14.6 Å². The summed E-state index contributed by atoms with van der Waals surface area (Å²) in [6, 6.07) is 3.70. The molecular formula is C19H22F2N2O2. The average molecular weight is 348 g/mol.